The van der Waals surface area contributed by atoms with Gasteiger partial charge in [0.25, 0.3) is 0 Å². The zero-order chi connectivity index (χ0) is 32.5. The smallest absolute Gasteiger partial charge is 0.335 e. The molecular formula is C39H55NO5. The summed E-state index contributed by atoms with van der Waals surface area (Å²) in [4.78, 5) is 37.6. The molecule has 0 bridgehead atoms. The lowest BCUT2D eigenvalue weighted by atomic mass is 9.36. The van der Waals surface area contributed by atoms with E-state index in [1.165, 1.54) is 31.3 Å². The summed E-state index contributed by atoms with van der Waals surface area (Å²) in [6.45, 7) is 14.0. The van der Waals surface area contributed by atoms with Crippen LogP contribution >= 0.6 is 0 Å². The van der Waals surface area contributed by atoms with Crippen molar-refractivity contribution in [2.45, 2.75) is 118 Å². The summed E-state index contributed by atoms with van der Waals surface area (Å²) in [5, 5.41) is 22.3. The van der Waals surface area contributed by atoms with E-state index in [1.54, 1.807) is 12.1 Å². The maximum atomic E-state index is 14.0. The molecule has 6 rings (SSSR count). The number of hydrogen-bond donors (Lipinski definition) is 3. The topological polar surface area (TPSA) is 104 Å². The lowest BCUT2D eigenvalue weighted by molar-refractivity contribution is -0.182. The fraction of sp³-hybridized carbons (Fsp3) is 0.718. The molecule has 45 heavy (non-hydrogen) atoms. The number of amides is 1. The van der Waals surface area contributed by atoms with E-state index in [0.29, 0.717) is 41.6 Å². The Balaban J connectivity index is 1.25. The fourth-order valence-corrected chi connectivity index (χ4v) is 12.5. The Morgan fingerprint density at radius 3 is 2.20 bits per heavy atom. The lowest BCUT2D eigenvalue weighted by Gasteiger charge is -2.68. The highest BCUT2D eigenvalue weighted by molar-refractivity contribution is 5.89. The van der Waals surface area contributed by atoms with Crippen molar-refractivity contribution in [3.05, 3.63) is 41.5 Å². The maximum Gasteiger partial charge on any atom is 0.335 e. The van der Waals surface area contributed by atoms with Gasteiger partial charge < -0.3 is 15.5 Å². The van der Waals surface area contributed by atoms with Crippen LogP contribution in [-0.2, 0) is 9.59 Å². The molecule has 4 fully saturated rings. The molecular weight excluding hydrogens is 562 g/mol. The summed E-state index contributed by atoms with van der Waals surface area (Å²) in [6.07, 6.45) is 13.8. The Morgan fingerprint density at radius 2 is 1.56 bits per heavy atom. The van der Waals surface area contributed by atoms with E-state index in [-0.39, 0.29) is 28.1 Å². The number of benzene rings is 1. The highest BCUT2D eigenvalue weighted by atomic mass is 16.4. The summed E-state index contributed by atoms with van der Waals surface area (Å²) >= 11 is 0. The fourth-order valence-electron chi connectivity index (χ4n) is 12.5. The summed E-state index contributed by atoms with van der Waals surface area (Å²) in [6, 6.07) is 6.65. The van der Waals surface area contributed by atoms with Crippen molar-refractivity contribution in [2.24, 2.45) is 57.2 Å². The largest absolute Gasteiger partial charge is 0.480 e. The number of carboxylic acids is 2. The molecule has 5 aliphatic carbocycles. The molecule has 9 atom stereocenters. The first-order valence-corrected chi connectivity index (χ1v) is 17.7. The van der Waals surface area contributed by atoms with Gasteiger partial charge in [-0.15, -0.1) is 0 Å². The third-order valence-electron chi connectivity index (χ3n) is 14.3. The number of nitrogens with one attached hydrogen (secondary N) is 1. The van der Waals surface area contributed by atoms with Gasteiger partial charge in [-0.05, 0) is 139 Å². The third kappa shape index (κ3) is 4.99. The molecule has 3 N–H and O–H groups in total. The third-order valence-corrected chi connectivity index (χ3v) is 14.3. The minimum atomic E-state index is -0.917. The summed E-state index contributed by atoms with van der Waals surface area (Å²) in [5.74, 6) is 1.10. The standard InChI is InChI=1S/C39H55NO5/c1-23(2)22-30(34(43)44)40-35(45)39-18-7-8-29(39)26-13-14-32-37(5,28(26)16-21-39)20-17-31-36(3,4)27(15-19-38(31,32)6)24-9-11-25(12-10-24)33(41)42/h9-12,15,23,26,28-32H,7-8,13-14,16-22H2,1-6H3,(H,40,45)(H,41,42)(H,43,44)/t26-,28?,29?,30-,31?,32?,37-,38-,39-/m0/s1. The Labute approximate surface area is 269 Å². The first-order valence-electron chi connectivity index (χ1n) is 17.7. The average Bonchev–Trinajstić information content (AvgIpc) is 3.42. The van der Waals surface area contributed by atoms with Gasteiger partial charge in [-0.1, -0.05) is 66.2 Å². The van der Waals surface area contributed by atoms with Gasteiger partial charge in [0.2, 0.25) is 5.91 Å². The minimum absolute atomic E-state index is 0.0160. The quantitative estimate of drug-likeness (QED) is 0.285. The Bertz CT molecular complexity index is 1380. The number of carbonyl (C=O) groups is 3. The first kappa shape index (κ1) is 32.3. The van der Waals surface area contributed by atoms with Crippen LogP contribution in [0.5, 0.6) is 0 Å². The average molecular weight is 618 g/mol. The van der Waals surface area contributed by atoms with Gasteiger partial charge in [0.05, 0.1) is 11.0 Å². The molecule has 1 aromatic carbocycles. The Kier molecular flexibility index (Phi) is 8.09. The van der Waals surface area contributed by atoms with Crippen LogP contribution in [0.3, 0.4) is 0 Å². The van der Waals surface area contributed by atoms with Crippen LogP contribution in [0.25, 0.3) is 5.57 Å². The molecule has 1 aromatic rings. The van der Waals surface area contributed by atoms with Crippen molar-refractivity contribution < 1.29 is 24.6 Å². The van der Waals surface area contributed by atoms with Gasteiger partial charge in [0.1, 0.15) is 6.04 Å². The van der Waals surface area contributed by atoms with Crippen LogP contribution in [0.1, 0.15) is 128 Å². The minimum Gasteiger partial charge on any atom is -0.480 e. The normalized spacial score (nSPS) is 39.0. The highest BCUT2D eigenvalue weighted by Gasteiger charge is 2.66. The number of hydrogen-bond acceptors (Lipinski definition) is 3. The van der Waals surface area contributed by atoms with E-state index in [0.717, 1.165) is 44.1 Å². The van der Waals surface area contributed by atoms with Gasteiger partial charge in [-0.3, -0.25) is 4.79 Å². The van der Waals surface area contributed by atoms with Crippen LogP contribution in [0.15, 0.2) is 30.3 Å². The van der Waals surface area contributed by atoms with E-state index in [2.05, 4.69) is 39.1 Å². The van der Waals surface area contributed by atoms with E-state index in [1.807, 2.05) is 26.0 Å². The number of rotatable bonds is 7. The van der Waals surface area contributed by atoms with Crippen LogP contribution in [0.4, 0.5) is 0 Å². The van der Waals surface area contributed by atoms with Crippen LogP contribution in [0, 0.1) is 57.2 Å². The molecule has 0 aromatic heterocycles. The summed E-state index contributed by atoms with van der Waals surface area (Å²) in [7, 11) is 0. The SMILES string of the molecule is CC(C)C[C@H](NC(=O)[C@]12CCCC1[C@H]1CCC3[C@@](C)(CCC4C(C)(C)C(c5ccc(C(=O)O)cc5)=CC[C@@]43C)C1CC2)C(=O)O. The van der Waals surface area contributed by atoms with Crippen molar-refractivity contribution in [3.63, 3.8) is 0 Å². The second kappa shape index (κ2) is 11.3. The van der Waals surface area contributed by atoms with Crippen LogP contribution < -0.4 is 5.32 Å². The number of aliphatic carboxylic acids is 1. The second-order valence-corrected chi connectivity index (χ2v) is 17.1. The van der Waals surface area contributed by atoms with Gasteiger partial charge in [-0.2, -0.15) is 0 Å². The number of allylic oxidation sites excluding steroid dienone is 2. The number of carbonyl (C=O) groups excluding carboxylic acids is 1. The van der Waals surface area contributed by atoms with Crippen molar-refractivity contribution in [2.75, 3.05) is 0 Å². The lowest BCUT2D eigenvalue weighted by Crippen LogP contribution is -2.62. The number of carboxylic acid groups (broad SMARTS) is 2. The van der Waals surface area contributed by atoms with Crippen molar-refractivity contribution in [1.82, 2.24) is 5.32 Å². The monoisotopic (exact) mass is 617 g/mol. The Hall–Kier alpha value is -2.63. The number of aromatic carboxylic acids is 1. The molecule has 0 saturated heterocycles. The second-order valence-electron chi connectivity index (χ2n) is 17.1. The van der Waals surface area contributed by atoms with Gasteiger partial charge in [0, 0.05) is 0 Å². The van der Waals surface area contributed by atoms with Crippen LogP contribution in [0.2, 0.25) is 0 Å². The zero-order valence-corrected chi connectivity index (χ0v) is 28.3. The predicted octanol–water partition coefficient (Wildman–Crippen LogP) is 8.46. The molecule has 4 unspecified atom stereocenters. The highest BCUT2D eigenvalue weighted by Crippen LogP contribution is 2.73. The van der Waals surface area contributed by atoms with Crippen molar-refractivity contribution >= 4 is 23.4 Å². The molecule has 6 heteroatoms. The predicted molar refractivity (Wildman–Crippen MR) is 176 cm³/mol. The molecule has 5 aliphatic rings. The molecule has 246 valence electrons. The van der Waals surface area contributed by atoms with E-state index < -0.39 is 23.4 Å². The summed E-state index contributed by atoms with van der Waals surface area (Å²) in [5.41, 5.74) is 2.84. The van der Waals surface area contributed by atoms with E-state index >= 15 is 0 Å². The van der Waals surface area contributed by atoms with Crippen LogP contribution in [-0.4, -0.2) is 34.1 Å². The van der Waals surface area contributed by atoms with E-state index in [4.69, 9.17) is 0 Å². The molecule has 1 amide bonds. The zero-order valence-electron chi connectivity index (χ0n) is 28.3. The van der Waals surface area contributed by atoms with Gasteiger partial charge in [0.15, 0.2) is 0 Å². The molecule has 0 radical (unpaired) electrons. The van der Waals surface area contributed by atoms with Crippen molar-refractivity contribution in [1.29, 1.82) is 0 Å². The Morgan fingerprint density at radius 1 is 0.844 bits per heavy atom. The summed E-state index contributed by atoms with van der Waals surface area (Å²) < 4.78 is 0. The first-order chi connectivity index (χ1) is 21.1. The van der Waals surface area contributed by atoms with Crippen molar-refractivity contribution in [3.8, 4) is 0 Å². The molecule has 0 heterocycles. The molecule has 0 aliphatic heterocycles. The van der Waals surface area contributed by atoms with Gasteiger partial charge in [-0.25, -0.2) is 9.59 Å². The molecule has 6 nitrogen and oxygen atoms in total. The molecule has 4 saturated carbocycles. The maximum absolute atomic E-state index is 14.0. The van der Waals surface area contributed by atoms with E-state index in [9.17, 15) is 24.6 Å². The van der Waals surface area contributed by atoms with Gasteiger partial charge >= 0.3 is 11.9 Å². The number of fused-ring (bicyclic) bond motifs is 7. The molecule has 0 spiro atoms.